The molecule has 0 radical (unpaired) electrons. The van der Waals surface area contributed by atoms with Gasteiger partial charge < -0.3 is 10.5 Å². The van der Waals surface area contributed by atoms with Crippen molar-refractivity contribution in [2.75, 3.05) is 12.3 Å². The fraction of sp³-hybridized carbons (Fsp3) is 0.400. The van der Waals surface area contributed by atoms with Crippen LogP contribution in [0.15, 0.2) is 6.20 Å². The van der Waals surface area contributed by atoms with Crippen LogP contribution in [0, 0.1) is 3.57 Å². The van der Waals surface area contributed by atoms with E-state index in [1.165, 1.54) is 6.20 Å². The number of nitrogens with two attached hydrogens (primary N) is 1. The molecule has 0 fully saturated rings. The fourth-order valence-corrected chi connectivity index (χ4v) is 1.93. The van der Waals surface area contributed by atoms with E-state index in [2.05, 4.69) is 4.98 Å². The molecule has 0 aliphatic carbocycles. The molecule has 0 atom stereocenters. The number of carbonyl (C=O) groups excluding carboxylic acids is 1. The van der Waals surface area contributed by atoms with Crippen LogP contribution in [0.5, 0.6) is 0 Å². The Morgan fingerprint density at radius 3 is 2.82 bits per heavy atom. The Morgan fingerprint density at radius 2 is 2.29 bits per heavy atom. The first-order chi connectivity index (χ1) is 7.97. The lowest BCUT2D eigenvalue weighted by molar-refractivity contribution is -0.142. The first-order valence-corrected chi connectivity index (χ1v) is 5.91. The van der Waals surface area contributed by atoms with Gasteiger partial charge in [-0.2, -0.15) is 0 Å². The Hall–Kier alpha value is -0.990. The van der Waals surface area contributed by atoms with Gasteiger partial charge in [-0.05, 0) is 29.5 Å². The Labute approximate surface area is 111 Å². The van der Waals surface area contributed by atoms with Gasteiger partial charge in [0.05, 0.1) is 30.0 Å². The van der Waals surface area contributed by atoms with E-state index in [9.17, 15) is 13.6 Å². The molecule has 1 aromatic heterocycles. The molecule has 94 valence electrons. The van der Waals surface area contributed by atoms with E-state index in [-0.39, 0.29) is 33.5 Å². The number of nitrogen functional groups attached to an aromatic ring is 1. The van der Waals surface area contributed by atoms with Crippen molar-refractivity contribution in [3.8, 4) is 0 Å². The summed E-state index contributed by atoms with van der Waals surface area (Å²) < 4.78 is 30.4. The molecule has 0 unspecified atom stereocenters. The molecule has 4 nitrogen and oxygen atoms in total. The number of rotatable bonds is 4. The molecule has 0 saturated carbocycles. The first kappa shape index (κ1) is 14.1. The van der Waals surface area contributed by atoms with Crippen LogP contribution in [-0.4, -0.2) is 17.6 Å². The third kappa shape index (κ3) is 3.48. The van der Waals surface area contributed by atoms with Crippen molar-refractivity contribution in [2.24, 2.45) is 0 Å². The summed E-state index contributed by atoms with van der Waals surface area (Å²) in [5.74, 6) is -0.534. The van der Waals surface area contributed by atoms with E-state index >= 15 is 0 Å². The zero-order valence-electron chi connectivity index (χ0n) is 9.04. The molecule has 0 saturated heterocycles. The van der Waals surface area contributed by atoms with Crippen molar-refractivity contribution in [2.45, 2.75) is 19.8 Å². The summed E-state index contributed by atoms with van der Waals surface area (Å²) in [6, 6.07) is 0. The molecule has 0 aliphatic rings. The Kier molecular flexibility index (Phi) is 5.03. The number of hydrogen-bond donors (Lipinski definition) is 1. The normalized spacial score (nSPS) is 10.6. The summed E-state index contributed by atoms with van der Waals surface area (Å²) in [4.78, 5) is 15.1. The molecular formula is C10H11F2IN2O2. The van der Waals surface area contributed by atoms with Gasteiger partial charge in [0.15, 0.2) is 0 Å². The number of nitrogens with zero attached hydrogens (tertiary/aromatic N) is 1. The van der Waals surface area contributed by atoms with Crippen molar-refractivity contribution in [3.63, 3.8) is 0 Å². The van der Waals surface area contributed by atoms with E-state index in [4.69, 9.17) is 10.5 Å². The third-order valence-electron chi connectivity index (χ3n) is 2.03. The van der Waals surface area contributed by atoms with Gasteiger partial charge in [0.2, 0.25) is 0 Å². The van der Waals surface area contributed by atoms with Crippen LogP contribution in [0.2, 0.25) is 0 Å². The monoisotopic (exact) mass is 356 g/mol. The van der Waals surface area contributed by atoms with Crippen molar-refractivity contribution in [3.05, 3.63) is 21.0 Å². The molecule has 1 rings (SSSR count). The summed E-state index contributed by atoms with van der Waals surface area (Å²) in [7, 11) is 0. The number of esters is 1. The van der Waals surface area contributed by atoms with Crippen LogP contribution in [-0.2, 0) is 16.0 Å². The number of carbonyl (C=O) groups is 1. The number of anilines is 1. The maximum absolute atomic E-state index is 12.7. The van der Waals surface area contributed by atoms with Crippen LogP contribution < -0.4 is 5.73 Å². The lowest BCUT2D eigenvalue weighted by atomic mass is 10.1. The highest BCUT2D eigenvalue weighted by Gasteiger charge is 2.20. The Bertz CT molecular complexity index is 427. The zero-order valence-corrected chi connectivity index (χ0v) is 11.2. The number of alkyl halides is 2. The van der Waals surface area contributed by atoms with Crippen molar-refractivity contribution >= 4 is 34.2 Å². The van der Waals surface area contributed by atoms with E-state index in [1.807, 2.05) is 0 Å². The molecule has 1 aromatic rings. The maximum atomic E-state index is 12.7. The summed E-state index contributed by atoms with van der Waals surface area (Å²) in [5.41, 5.74) is 5.28. The smallest absolute Gasteiger partial charge is 0.311 e. The molecule has 1 heterocycles. The van der Waals surface area contributed by atoms with Gasteiger partial charge in [-0.3, -0.25) is 9.78 Å². The lowest BCUT2D eigenvalue weighted by Crippen LogP contribution is -2.13. The largest absolute Gasteiger partial charge is 0.466 e. The predicted molar refractivity (Wildman–Crippen MR) is 66.7 cm³/mol. The lowest BCUT2D eigenvalue weighted by Gasteiger charge is -2.11. The van der Waals surface area contributed by atoms with Crippen molar-refractivity contribution < 1.29 is 18.3 Å². The van der Waals surface area contributed by atoms with E-state index < -0.39 is 12.4 Å². The highest BCUT2D eigenvalue weighted by molar-refractivity contribution is 14.1. The van der Waals surface area contributed by atoms with Gasteiger partial charge in [-0.15, -0.1) is 0 Å². The summed E-state index contributed by atoms with van der Waals surface area (Å²) in [6.45, 7) is 1.89. The molecular weight excluding hydrogens is 345 g/mol. The van der Waals surface area contributed by atoms with Gasteiger partial charge in [-0.25, -0.2) is 8.78 Å². The minimum atomic E-state index is -2.69. The van der Waals surface area contributed by atoms with Gasteiger partial charge >= 0.3 is 5.97 Å². The summed E-state index contributed by atoms with van der Waals surface area (Å²) in [6.07, 6.45) is -1.62. The summed E-state index contributed by atoms with van der Waals surface area (Å²) >= 11 is 1.73. The topological polar surface area (TPSA) is 65.2 Å². The minimum Gasteiger partial charge on any atom is -0.466 e. The number of aromatic nitrogens is 1. The first-order valence-electron chi connectivity index (χ1n) is 4.83. The third-order valence-corrected chi connectivity index (χ3v) is 2.89. The van der Waals surface area contributed by atoms with Crippen LogP contribution >= 0.6 is 22.6 Å². The molecule has 2 N–H and O–H groups in total. The fourth-order valence-electron chi connectivity index (χ4n) is 1.27. The Morgan fingerprint density at radius 1 is 1.65 bits per heavy atom. The van der Waals surface area contributed by atoms with Crippen LogP contribution in [0.1, 0.15) is 24.6 Å². The molecule has 0 spiro atoms. The van der Waals surface area contributed by atoms with Crippen LogP contribution in [0.3, 0.4) is 0 Å². The predicted octanol–water partition coefficient (Wildman–Crippen LogP) is 2.31. The Balaban J connectivity index is 3.02. The number of pyridine rings is 1. The SMILES string of the molecule is CCOC(=O)Cc1ncc(I)c(C(F)F)c1N. The summed E-state index contributed by atoms with van der Waals surface area (Å²) in [5, 5.41) is 0. The standard InChI is InChI=1S/C10H11F2IN2O2/c1-2-17-7(16)3-6-9(14)8(10(11)12)5(13)4-15-6/h4,10H,2-3,14H2,1H3. The molecule has 7 heteroatoms. The highest BCUT2D eigenvalue weighted by atomic mass is 127. The van der Waals surface area contributed by atoms with E-state index in [0.717, 1.165) is 0 Å². The van der Waals surface area contributed by atoms with Gasteiger partial charge in [0.25, 0.3) is 6.43 Å². The molecule has 0 bridgehead atoms. The van der Waals surface area contributed by atoms with Gasteiger partial charge in [0.1, 0.15) is 0 Å². The zero-order chi connectivity index (χ0) is 13.0. The van der Waals surface area contributed by atoms with Gasteiger partial charge in [-0.1, -0.05) is 0 Å². The quantitative estimate of drug-likeness (QED) is 0.664. The highest BCUT2D eigenvalue weighted by Crippen LogP contribution is 2.31. The molecule has 0 amide bonds. The van der Waals surface area contributed by atoms with E-state index in [1.54, 1.807) is 29.5 Å². The number of ether oxygens (including phenoxy) is 1. The molecule has 0 aliphatic heterocycles. The van der Waals surface area contributed by atoms with Crippen LogP contribution in [0.25, 0.3) is 0 Å². The minimum absolute atomic E-state index is 0.124. The molecule has 0 aromatic carbocycles. The molecule has 17 heavy (non-hydrogen) atoms. The average Bonchev–Trinajstić information content (AvgIpc) is 2.22. The maximum Gasteiger partial charge on any atom is 0.311 e. The second-order valence-corrected chi connectivity index (χ2v) is 4.32. The second kappa shape index (κ2) is 6.08. The average molecular weight is 356 g/mol. The number of hydrogen-bond acceptors (Lipinski definition) is 4. The van der Waals surface area contributed by atoms with Crippen molar-refractivity contribution in [1.82, 2.24) is 4.98 Å². The van der Waals surface area contributed by atoms with Gasteiger partial charge in [0, 0.05) is 9.77 Å². The second-order valence-electron chi connectivity index (χ2n) is 3.16. The van der Waals surface area contributed by atoms with Crippen LogP contribution in [0.4, 0.5) is 14.5 Å². The number of halogens is 3. The van der Waals surface area contributed by atoms with E-state index in [0.29, 0.717) is 0 Å². The van der Waals surface area contributed by atoms with Crippen molar-refractivity contribution in [1.29, 1.82) is 0 Å².